The van der Waals surface area contributed by atoms with E-state index in [9.17, 15) is 9.18 Å². The van der Waals surface area contributed by atoms with Gasteiger partial charge in [-0.05, 0) is 36.8 Å². The van der Waals surface area contributed by atoms with Crippen LogP contribution in [0.5, 0.6) is 0 Å². The van der Waals surface area contributed by atoms with Crippen LogP contribution in [0.1, 0.15) is 21.5 Å². The second kappa shape index (κ2) is 6.69. The molecule has 0 radical (unpaired) electrons. The molecule has 0 spiro atoms. The third-order valence-corrected chi connectivity index (χ3v) is 2.94. The quantitative estimate of drug-likeness (QED) is 0.832. The van der Waals surface area contributed by atoms with Crippen molar-refractivity contribution in [3.63, 3.8) is 0 Å². The summed E-state index contributed by atoms with van der Waals surface area (Å²) in [6, 6.07) is 11.3. The number of aryl methyl sites for hydroxylation is 1. The van der Waals surface area contributed by atoms with Gasteiger partial charge in [0.25, 0.3) is 5.91 Å². The maximum atomic E-state index is 13.3. The van der Waals surface area contributed by atoms with E-state index in [1.54, 1.807) is 31.2 Å². The largest absolute Gasteiger partial charge is 0.321 e. The molecule has 0 aromatic heterocycles. The van der Waals surface area contributed by atoms with Crippen LogP contribution in [0.2, 0.25) is 0 Å². The lowest BCUT2D eigenvalue weighted by Crippen LogP contribution is -2.14. The SMILES string of the molecule is Cc1ccc(F)cc1C(=O)Nc1ccccc1C#CCN. The van der Waals surface area contributed by atoms with E-state index in [-0.39, 0.29) is 12.5 Å². The van der Waals surface area contributed by atoms with Gasteiger partial charge >= 0.3 is 0 Å². The summed E-state index contributed by atoms with van der Waals surface area (Å²) in [6.45, 7) is 2.00. The van der Waals surface area contributed by atoms with E-state index in [1.165, 1.54) is 12.1 Å². The van der Waals surface area contributed by atoms with Gasteiger partial charge in [-0.3, -0.25) is 4.79 Å². The first-order valence-electron chi connectivity index (χ1n) is 6.47. The van der Waals surface area contributed by atoms with Crippen molar-refractivity contribution in [3.05, 3.63) is 65.0 Å². The summed E-state index contributed by atoms with van der Waals surface area (Å²) in [5, 5.41) is 2.75. The molecule has 0 fully saturated rings. The van der Waals surface area contributed by atoms with Crippen LogP contribution < -0.4 is 11.1 Å². The number of nitrogens with one attached hydrogen (secondary N) is 1. The molecule has 2 aromatic carbocycles. The van der Waals surface area contributed by atoms with Crippen molar-refractivity contribution in [2.45, 2.75) is 6.92 Å². The maximum Gasteiger partial charge on any atom is 0.256 e. The van der Waals surface area contributed by atoms with Gasteiger partial charge in [0.15, 0.2) is 0 Å². The molecule has 3 N–H and O–H groups in total. The van der Waals surface area contributed by atoms with Crippen LogP contribution in [0.15, 0.2) is 42.5 Å². The summed E-state index contributed by atoms with van der Waals surface area (Å²) < 4.78 is 13.3. The Morgan fingerprint density at radius 2 is 2.05 bits per heavy atom. The fraction of sp³-hybridized carbons (Fsp3) is 0.118. The predicted octanol–water partition coefficient (Wildman–Crippen LogP) is 2.70. The molecule has 3 nitrogen and oxygen atoms in total. The number of carbonyl (C=O) groups is 1. The van der Waals surface area contributed by atoms with Crippen molar-refractivity contribution < 1.29 is 9.18 Å². The molecule has 0 heterocycles. The van der Waals surface area contributed by atoms with Crippen LogP contribution in [0.4, 0.5) is 10.1 Å². The van der Waals surface area contributed by atoms with Crippen molar-refractivity contribution in [1.82, 2.24) is 0 Å². The number of nitrogens with two attached hydrogens (primary N) is 1. The molecular weight excluding hydrogens is 267 g/mol. The topological polar surface area (TPSA) is 55.1 Å². The Morgan fingerprint density at radius 1 is 1.29 bits per heavy atom. The van der Waals surface area contributed by atoms with E-state index in [0.29, 0.717) is 22.4 Å². The van der Waals surface area contributed by atoms with Crippen LogP contribution in [-0.4, -0.2) is 12.5 Å². The predicted molar refractivity (Wildman–Crippen MR) is 81.5 cm³/mol. The number of para-hydroxylation sites is 1. The first-order chi connectivity index (χ1) is 10.1. The molecule has 0 unspecified atom stereocenters. The van der Waals surface area contributed by atoms with E-state index in [1.807, 2.05) is 6.07 Å². The fourth-order valence-corrected chi connectivity index (χ4v) is 1.88. The number of anilines is 1. The molecule has 0 bridgehead atoms. The van der Waals surface area contributed by atoms with Crippen molar-refractivity contribution in [3.8, 4) is 11.8 Å². The standard InChI is InChI=1S/C17H15FN2O/c1-12-8-9-14(18)11-15(12)17(21)20-16-7-3-2-5-13(16)6-4-10-19/h2-3,5,7-9,11H,10,19H2,1H3,(H,20,21). The zero-order valence-corrected chi connectivity index (χ0v) is 11.6. The Hall–Kier alpha value is -2.64. The van der Waals surface area contributed by atoms with Gasteiger partial charge in [0.1, 0.15) is 5.82 Å². The average molecular weight is 282 g/mol. The van der Waals surface area contributed by atoms with Gasteiger partial charge in [0, 0.05) is 11.1 Å². The van der Waals surface area contributed by atoms with Gasteiger partial charge in [0.05, 0.1) is 12.2 Å². The highest BCUT2D eigenvalue weighted by Crippen LogP contribution is 2.17. The van der Waals surface area contributed by atoms with Crippen molar-refractivity contribution >= 4 is 11.6 Å². The molecule has 2 aromatic rings. The summed E-state index contributed by atoms with van der Waals surface area (Å²) >= 11 is 0. The minimum atomic E-state index is -0.443. The number of halogens is 1. The second-order valence-electron chi connectivity index (χ2n) is 4.46. The van der Waals surface area contributed by atoms with Crippen molar-refractivity contribution in [2.24, 2.45) is 5.73 Å². The second-order valence-corrected chi connectivity index (χ2v) is 4.46. The lowest BCUT2D eigenvalue weighted by Gasteiger charge is -2.09. The lowest BCUT2D eigenvalue weighted by molar-refractivity contribution is 0.102. The zero-order valence-electron chi connectivity index (χ0n) is 11.6. The number of hydrogen-bond acceptors (Lipinski definition) is 2. The van der Waals surface area contributed by atoms with Crippen LogP contribution in [0.25, 0.3) is 0 Å². The third-order valence-electron chi connectivity index (χ3n) is 2.94. The van der Waals surface area contributed by atoms with Crippen LogP contribution >= 0.6 is 0 Å². The highest BCUT2D eigenvalue weighted by atomic mass is 19.1. The third kappa shape index (κ3) is 3.68. The van der Waals surface area contributed by atoms with Gasteiger partial charge in [-0.2, -0.15) is 0 Å². The molecule has 106 valence electrons. The molecule has 0 saturated heterocycles. The van der Waals surface area contributed by atoms with Crippen LogP contribution in [0, 0.1) is 24.6 Å². The smallest absolute Gasteiger partial charge is 0.256 e. The van der Waals surface area contributed by atoms with Crippen LogP contribution in [-0.2, 0) is 0 Å². The molecule has 0 atom stereocenters. The van der Waals surface area contributed by atoms with E-state index >= 15 is 0 Å². The first kappa shape index (κ1) is 14.8. The number of hydrogen-bond donors (Lipinski definition) is 2. The van der Waals surface area contributed by atoms with Crippen molar-refractivity contribution in [1.29, 1.82) is 0 Å². The summed E-state index contributed by atoms with van der Waals surface area (Å²) in [5.41, 5.74) is 7.61. The Labute approximate surface area is 123 Å². The van der Waals surface area contributed by atoms with Gasteiger partial charge in [0.2, 0.25) is 0 Å². The molecular formula is C17H15FN2O. The Balaban J connectivity index is 2.30. The van der Waals surface area contributed by atoms with Crippen LogP contribution in [0.3, 0.4) is 0 Å². The van der Waals surface area contributed by atoms with E-state index in [4.69, 9.17) is 5.73 Å². The van der Waals surface area contributed by atoms with E-state index in [2.05, 4.69) is 17.2 Å². The minimum absolute atomic E-state index is 0.241. The normalized spacial score (nSPS) is 9.67. The molecule has 4 heteroatoms. The first-order valence-corrected chi connectivity index (χ1v) is 6.47. The van der Waals surface area contributed by atoms with E-state index in [0.717, 1.165) is 0 Å². The Kier molecular flexibility index (Phi) is 4.70. The Morgan fingerprint density at radius 3 is 2.81 bits per heavy atom. The van der Waals surface area contributed by atoms with E-state index < -0.39 is 5.82 Å². The summed E-state index contributed by atoms with van der Waals surface area (Å²) in [5.74, 6) is 4.83. The van der Waals surface area contributed by atoms with Gasteiger partial charge in [-0.1, -0.05) is 30.0 Å². The molecule has 0 saturated carbocycles. The maximum absolute atomic E-state index is 13.3. The molecule has 21 heavy (non-hydrogen) atoms. The molecule has 0 aliphatic rings. The highest BCUT2D eigenvalue weighted by molar-refractivity contribution is 6.05. The molecule has 1 amide bonds. The number of carbonyl (C=O) groups excluding carboxylic acids is 1. The summed E-state index contributed by atoms with van der Waals surface area (Å²) in [7, 11) is 0. The Bertz CT molecular complexity index is 729. The fourth-order valence-electron chi connectivity index (χ4n) is 1.88. The van der Waals surface area contributed by atoms with Gasteiger partial charge in [-0.25, -0.2) is 4.39 Å². The van der Waals surface area contributed by atoms with Gasteiger partial charge in [-0.15, -0.1) is 0 Å². The molecule has 0 aliphatic carbocycles. The monoisotopic (exact) mass is 282 g/mol. The zero-order chi connectivity index (χ0) is 15.2. The highest BCUT2D eigenvalue weighted by Gasteiger charge is 2.11. The minimum Gasteiger partial charge on any atom is -0.321 e. The number of amides is 1. The average Bonchev–Trinajstić information content (AvgIpc) is 2.48. The number of rotatable bonds is 2. The lowest BCUT2D eigenvalue weighted by atomic mass is 10.1. The molecule has 2 rings (SSSR count). The summed E-state index contributed by atoms with van der Waals surface area (Å²) in [6.07, 6.45) is 0. The van der Waals surface area contributed by atoms with Crippen molar-refractivity contribution in [2.75, 3.05) is 11.9 Å². The van der Waals surface area contributed by atoms with Gasteiger partial charge < -0.3 is 11.1 Å². The molecule has 0 aliphatic heterocycles. The number of benzene rings is 2. The summed E-state index contributed by atoms with van der Waals surface area (Å²) in [4.78, 5) is 12.3.